The van der Waals surface area contributed by atoms with E-state index < -0.39 is 35.6 Å². The molecule has 0 fully saturated rings. The molecular weight excluding hydrogens is 1390 g/mol. The lowest BCUT2D eigenvalue weighted by molar-refractivity contribution is -0.137. The Hall–Kier alpha value is -9.92. The minimum absolute atomic E-state index is 0.00217. The van der Waals surface area contributed by atoms with E-state index in [0.717, 1.165) is 27.2 Å². The van der Waals surface area contributed by atoms with Gasteiger partial charge in [-0.05, 0) is 71.5 Å². The number of hydrogen-bond acceptors (Lipinski definition) is 24. The van der Waals surface area contributed by atoms with Gasteiger partial charge in [-0.25, -0.2) is 0 Å². The molecule has 30 heteroatoms. The van der Waals surface area contributed by atoms with Crippen LogP contribution in [-0.2, 0) is 66.7 Å². The lowest BCUT2D eigenvalue weighted by Crippen LogP contribution is -2.45. The summed E-state index contributed by atoms with van der Waals surface area (Å²) in [5, 5.41) is 8.34. The number of carbonyl (C=O) groups excluding carboxylic acids is 8. The SMILES string of the molecule is COc1cc2c(cc1OCCCOc1cc3c(cc1OC)C(=O)N1C=C(c4ccc5c(c4)OCO5)C[C@H]1C=N3)N=C[C@@H]1CC(c3ccc(NC(=O)[C@H](C)NC(=O)C(CC(=O)CCOCCOCCOCCOCCOCCOCCOCCOCCNC(=O)CCN4C(=O)C=CC4=O)C(C)C)cc3)=CN1C2=O. The molecule has 7 amide bonds. The van der Waals surface area contributed by atoms with Gasteiger partial charge in [0.25, 0.3) is 23.6 Å². The number of imide groups is 1. The highest BCUT2D eigenvalue weighted by Crippen LogP contribution is 2.43. The van der Waals surface area contributed by atoms with Crippen molar-refractivity contribution in [1.29, 1.82) is 0 Å². The molecule has 0 spiro atoms. The van der Waals surface area contributed by atoms with Crippen LogP contribution in [0.15, 0.2) is 101 Å². The number of methoxy groups -OCH3 is 2. The number of aliphatic imine (C=N–C) groups is 2. The van der Waals surface area contributed by atoms with Crippen LogP contribution in [0.3, 0.4) is 0 Å². The molecule has 0 radical (unpaired) electrons. The van der Waals surface area contributed by atoms with Gasteiger partial charge < -0.3 is 92.1 Å². The fourth-order valence-electron chi connectivity index (χ4n) is 12.1. The number of amides is 7. The smallest absolute Gasteiger partial charge is 0.260 e. The lowest BCUT2D eigenvalue weighted by Gasteiger charge is -2.22. The van der Waals surface area contributed by atoms with Crippen molar-refractivity contribution < 1.29 is 105 Å². The summed E-state index contributed by atoms with van der Waals surface area (Å²) >= 11 is 0. The van der Waals surface area contributed by atoms with Crippen LogP contribution in [0.2, 0.25) is 0 Å². The first-order valence-corrected chi connectivity index (χ1v) is 36.0. The second-order valence-electron chi connectivity index (χ2n) is 25.8. The maximum Gasteiger partial charge on any atom is 0.260 e. The minimum atomic E-state index is -0.905. The Morgan fingerprint density at radius 2 is 1.01 bits per heavy atom. The fourth-order valence-corrected chi connectivity index (χ4v) is 12.1. The van der Waals surface area contributed by atoms with Gasteiger partial charge in [-0.2, -0.15) is 0 Å². The quantitative estimate of drug-likeness (QED) is 0.0300. The first-order chi connectivity index (χ1) is 52.0. The molecule has 10 rings (SSSR count). The first kappa shape index (κ1) is 79.6. The highest BCUT2D eigenvalue weighted by atomic mass is 16.7. The number of rotatable bonds is 47. The molecule has 6 aliphatic heterocycles. The fraction of sp³-hybridized carbons (Fsp3) is 0.481. The van der Waals surface area contributed by atoms with E-state index in [1.807, 2.05) is 56.6 Å². The van der Waals surface area contributed by atoms with Gasteiger partial charge in [0.2, 0.25) is 24.5 Å². The van der Waals surface area contributed by atoms with E-state index in [0.29, 0.717) is 181 Å². The number of ketones is 1. The monoisotopic (exact) mass is 1480 g/mol. The van der Waals surface area contributed by atoms with Gasteiger partial charge in [-0.3, -0.25) is 53.2 Å². The third kappa shape index (κ3) is 22.8. The molecule has 30 nitrogen and oxygen atoms in total. The lowest BCUT2D eigenvalue weighted by atomic mass is 9.89. The topological polar surface area (TPSA) is 336 Å². The summed E-state index contributed by atoms with van der Waals surface area (Å²) in [7, 11) is 3.02. The number of nitrogens with one attached hydrogen (secondary N) is 3. The van der Waals surface area contributed by atoms with Crippen LogP contribution in [0.1, 0.15) is 91.1 Å². The van der Waals surface area contributed by atoms with Crippen molar-refractivity contribution >= 4 is 87.8 Å². The van der Waals surface area contributed by atoms with Crippen LogP contribution in [0.5, 0.6) is 34.5 Å². The van der Waals surface area contributed by atoms with Crippen molar-refractivity contribution in [3.05, 3.63) is 114 Å². The Balaban J connectivity index is 0.539. The van der Waals surface area contributed by atoms with Crippen LogP contribution in [-0.4, -0.2) is 245 Å². The summed E-state index contributed by atoms with van der Waals surface area (Å²) in [6.45, 7) is 12.1. The Labute approximate surface area is 620 Å². The number of fused-ring (bicyclic) bond motifs is 5. The molecule has 0 saturated carbocycles. The summed E-state index contributed by atoms with van der Waals surface area (Å²) < 4.78 is 79.0. The van der Waals surface area contributed by atoms with Crippen molar-refractivity contribution in [2.24, 2.45) is 21.8 Å². The molecule has 0 bridgehead atoms. The van der Waals surface area contributed by atoms with E-state index in [1.165, 1.54) is 26.4 Å². The zero-order valence-electron chi connectivity index (χ0n) is 61.0. The van der Waals surface area contributed by atoms with Crippen LogP contribution >= 0.6 is 0 Å². The molecule has 3 N–H and O–H groups in total. The average Bonchev–Trinajstić information content (AvgIpc) is 1.66. The van der Waals surface area contributed by atoms with Crippen LogP contribution in [0, 0.1) is 11.8 Å². The van der Waals surface area contributed by atoms with Crippen molar-refractivity contribution in [2.75, 3.05) is 158 Å². The number of benzene rings is 4. The van der Waals surface area contributed by atoms with Crippen molar-refractivity contribution in [3.8, 4) is 34.5 Å². The Kier molecular flexibility index (Phi) is 30.3. The largest absolute Gasteiger partial charge is 0.493 e. The average molecular weight is 1480 g/mol. The van der Waals surface area contributed by atoms with E-state index in [1.54, 1.807) is 65.6 Å². The standard InChI is InChI=1S/C77H94N8O22/c1-50(2)60(40-59(86)16-21-96-23-25-98-27-29-100-31-33-102-35-36-103-34-32-101-30-28-99-26-24-97-22-17-78-71(87)15-18-83-72(88)13-14-73(83)89)75(91)81-51(3)74(90)82-56-10-7-52(8-11-56)54-37-57-45-79-63-43-69(66(94-4)41-61(63)76(92)84(57)47-54)104-19-6-20-105-70-44-64-62(42-67(70)95-5)77(93)85-48-55(38-58(85)46-80-64)53-9-12-65-68(39-53)107-49-106-65/h7-14,39,41-48,50-51,57-58,60H,6,15-38,40,49H2,1-5H3,(H,78,87)(H,81,91)(H,82,90)/t51-,57-,58-,60?/m0/s1. The summed E-state index contributed by atoms with van der Waals surface area (Å²) in [5.74, 6) is -0.422. The number of hydrogen-bond donors (Lipinski definition) is 3. The summed E-state index contributed by atoms with van der Waals surface area (Å²) in [6.07, 6.45) is 11.2. The third-order valence-corrected chi connectivity index (χ3v) is 18.0. The Bertz CT molecular complexity index is 3910. The van der Waals surface area contributed by atoms with E-state index in [2.05, 4.69) is 16.0 Å². The molecule has 6 aliphatic rings. The van der Waals surface area contributed by atoms with Gasteiger partial charge in [-0.1, -0.05) is 32.0 Å². The molecule has 574 valence electrons. The Morgan fingerprint density at radius 1 is 0.533 bits per heavy atom. The van der Waals surface area contributed by atoms with Gasteiger partial charge in [0.15, 0.2) is 34.5 Å². The molecule has 107 heavy (non-hydrogen) atoms. The number of anilines is 1. The summed E-state index contributed by atoms with van der Waals surface area (Å²) in [4.78, 5) is 117. The van der Waals surface area contributed by atoms with Gasteiger partial charge in [0.05, 0.1) is 168 Å². The summed E-state index contributed by atoms with van der Waals surface area (Å²) in [6, 6.07) is 18.1. The molecule has 4 aromatic rings. The highest BCUT2D eigenvalue weighted by Gasteiger charge is 2.37. The Morgan fingerprint density at radius 3 is 1.51 bits per heavy atom. The number of Topliss-reactive ketones (excluding diaryl/α,β-unsaturated/α-hetero) is 1. The van der Waals surface area contributed by atoms with Gasteiger partial charge in [-0.15, -0.1) is 0 Å². The number of carbonyl (C=O) groups is 8. The molecule has 0 aromatic heterocycles. The molecule has 0 saturated heterocycles. The molecule has 1 unspecified atom stereocenters. The molecular formula is C77H94N8O22. The van der Waals surface area contributed by atoms with Crippen LogP contribution in [0.25, 0.3) is 11.1 Å². The van der Waals surface area contributed by atoms with Crippen LogP contribution in [0.4, 0.5) is 17.1 Å². The molecule has 4 aromatic carbocycles. The van der Waals surface area contributed by atoms with E-state index in [9.17, 15) is 38.4 Å². The zero-order valence-corrected chi connectivity index (χ0v) is 61.0. The van der Waals surface area contributed by atoms with E-state index >= 15 is 0 Å². The molecule has 4 atom stereocenters. The van der Waals surface area contributed by atoms with Crippen molar-refractivity contribution in [2.45, 2.75) is 77.4 Å². The summed E-state index contributed by atoms with van der Waals surface area (Å²) in [5.41, 5.74) is 5.80. The van der Waals surface area contributed by atoms with Gasteiger partial charge in [0, 0.05) is 112 Å². The van der Waals surface area contributed by atoms with E-state index in [-0.39, 0.29) is 101 Å². The van der Waals surface area contributed by atoms with Gasteiger partial charge >= 0.3 is 0 Å². The van der Waals surface area contributed by atoms with Gasteiger partial charge in [0.1, 0.15) is 11.8 Å². The molecule has 0 aliphatic carbocycles. The highest BCUT2D eigenvalue weighted by molar-refractivity contribution is 6.13. The zero-order chi connectivity index (χ0) is 75.4. The first-order valence-electron chi connectivity index (χ1n) is 36.0. The number of ether oxygens (including phenoxy) is 14. The minimum Gasteiger partial charge on any atom is -0.493 e. The predicted molar refractivity (Wildman–Crippen MR) is 391 cm³/mol. The molecule has 6 heterocycles. The second-order valence-corrected chi connectivity index (χ2v) is 25.8. The third-order valence-electron chi connectivity index (χ3n) is 18.0. The van der Waals surface area contributed by atoms with Crippen molar-refractivity contribution in [3.63, 3.8) is 0 Å². The predicted octanol–water partition coefficient (Wildman–Crippen LogP) is 6.85. The normalized spacial score (nSPS) is 16.6. The number of nitrogens with zero attached hydrogens (tertiary/aromatic N) is 5. The maximum atomic E-state index is 14.2. The van der Waals surface area contributed by atoms with Crippen LogP contribution < -0.4 is 44.4 Å². The maximum absolute atomic E-state index is 14.2. The second kappa shape index (κ2) is 40.7. The van der Waals surface area contributed by atoms with E-state index in [4.69, 9.17) is 76.3 Å². The van der Waals surface area contributed by atoms with Crippen molar-refractivity contribution in [1.82, 2.24) is 25.3 Å².